The van der Waals surface area contributed by atoms with E-state index >= 15 is 4.39 Å². The molecule has 1 amide bonds. The van der Waals surface area contributed by atoms with Gasteiger partial charge in [0.05, 0.1) is 0 Å². The molecule has 3 N–H and O–H groups in total. The van der Waals surface area contributed by atoms with Crippen LogP contribution in [0.1, 0.15) is 12.8 Å². The van der Waals surface area contributed by atoms with Crippen LogP contribution in [0.25, 0.3) is 11.1 Å². The molecular formula is C17H15F2N3O3S2. The first kappa shape index (κ1) is 18.1. The highest BCUT2D eigenvalue weighted by atomic mass is 32.2. The van der Waals surface area contributed by atoms with E-state index in [0.717, 1.165) is 17.1 Å². The molecule has 1 aliphatic heterocycles. The van der Waals surface area contributed by atoms with Crippen LogP contribution in [0.4, 0.5) is 20.2 Å². The number of hydrogen-bond donors (Lipinski definition) is 3. The summed E-state index contributed by atoms with van der Waals surface area (Å²) in [7, 11) is 0. The minimum atomic E-state index is -2.01. The molecule has 142 valence electrons. The number of phenols is 1. The van der Waals surface area contributed by atoms with Crippen LogP contribution in [-0.2, 0) is 16.0 Å². The molecule has 6 nitrogen and oxygen atoms in total. The number of halogens is 2. The molecule has 1 heterocycles. The second kappa shape index (κ2) is 7.01. The van der Waals surface area contributed by atoms with Crippen LogP contribution >= 0.6 is 11.9 Å². The van der Waals surface area contributed by atoms with Gasteiger partial charge >= 0.3 is 0 Å². The Morgan fingerprint density at radius 2 is 1.96 bits per heavy atom. The molecule has 0 bridgehead atoms. The van der Waals surface area contributed by atoms with Crippen molar-refractivity contribution in [3.63, 3.8) is 0 Å². The van der Waals surface area contributed by atoms with Crippen molar-refractivity contribution in [1.82, 2.24) is 4.72 Å². The predicted octanol–water partition coefficient (Wildman–Crippen LogP) is 3.07. The van der Waals surface area contributed by atoms with Crippen LogP contribution in [0.3, 0.4) is 0 Å². The SMILES string of the molecule is O=C1CN(c2c(O)ccc(-c3ccc(NSC4CC4)cc3F)c2F)S(=O)N1. The van der Waals surface area contributed by atoms with E-state index in [1.165, 1.54) is 36.2 Å². The van der Waals surface area contributed by atoms with E-state index in [4.69, 9.17) is 0 Å². The van der Waals surface area contributed by atoms with E-state index in [2.05, 4.69) is 9.44 Å². The Balaban J connectivity index is 1.68. The molecule has 2 aromatic carbocycles. The smallest absolute Gasteiger partial charge is 0.253 e. The maximum atomic E-state index is 15.1. The van der Waals surface area contributed by atoms with Crippen molar-refractivity contribution in [1.29, 1.82) is 0 Å². The topological polar surface area (TPSA) is 81.7 Å². The summed E-state index contributed by atoms with van der Waals surface area (Å²) in [5.41, 5.74) is 0.0658. The highest BCUT2D eigenvalue weighted by Crippen LogP contribution is 2.40. The second-order valence-corrected chi connectivity index (χ2v) is 8.47. The molecule has 1 saturated carbocycles. The third-order valence-corrected chi connectivity index (χ3v) is 6.43. The molecule has 27 heavy (non-hydrogen) atoms. The van der Waals surface area contributed by atoms with Crippen LogP contribution in [0, 0.1) is 11.6 Å². The van der Waals surface area contributed by atoms with Gasteiger partial charge in [0.15, 0.2) is 5.82 Å². The summed E-state index contributed by atoms with van der Waals surface area (Å²) in [6.45, 7) is -0.371. The number of aromatic hydroxyl groups is 1. The Labute approximate surface area is 160 Å². The fourth-order valence-corrected chi connectivity index (χ4v) is 4.41. The first-order valence-electron chi connectivity index (χ1n) is 8.16. The zero-order valence-electron chi connectivity index (χ0n) is 13.9. The number of hydrogen-bond acceptors (Lipinski definition) is 5. The summed E-state index contributed by atoms with van der Waals surface area (Å²) < 4.78 is 47.6. The van der Waals surface area contributed by atoms with E-state index in [-0.39, 0.29) is 17.7 Å². The summed E-state index contributed by atoms with van der Waals surface area (Å²) >= 11 is -0.483. The Kier molecular flexibility index (Phi) is 4.68. The lowest BCUT2D eigenvalue weighted by Crippen LogP contribution is -2.23. The number of benzene rings is 2. The molecule has 0 spiro atoms. The van der Waals surface area contributed by atoms with Gasteiger partial charge in [0.2, 0.25) is 11.2 Å². The first-order chi connectivity index (χ1) is 12.9. The summed E-state index contributed by atoms with van der Waals surface area (Å²) in [6.07, 6.45) is 2.27. The standard InChI is InChI=1S/C17H15F2N3O3S2/c18-13-7-9(20-26-10-2-3-10)1-4-11(13)12-5-6-14(23)17(16(12)19)22-8-15(24)21-27(22)25/h1,4-7,10,20,23H,2-3,8H2,(H,21,24). The van der Waals surface area contributed by atoms with Gasteiger partial charge in [-0.2, -0.15) is 0 Å². The summed E-state index contributed by atoms with van der Waals surface area (Å²) in [5.74, 6) is -2.64. The number of rotatable bonds is 5. The summed E-state index contributed by atoms with van der Waals surface area (Å²) in [4.78, 5) is 11.4. The minimum absolute atomic E-state index is 0.0000121. The number of amides is 1. The summed E-state index contributed by atoms with van der Waals surface area (Å²) in [6, 6.07) is 6.78. The zero-order chi connectivity index (χ0) is 19.1. The lowest BCUT2D eigenvalue weighted by Gasteiger charge is -2.18. The van der Waals surface area contributed by atoms with Gasteiger partial charge in [-0.1, -0.05) is 0 Å². The van der Waals surface area contributed by atoms with E-state index in [1.54, 1.807) is 6.07 Å². The lowest BCUT2D eigenvalue weighted by atomic mass is 10.0. The van der Waals surface area contributed by atoms with Gasteiger partial charge in [0.25, 0.3) is 5.91 Å². The average Bonchev–Trinajstić information content (AvgIpc) is 3.39. The second-order valence-electron chi connectivity index (χ2n) is 6.22. The van der Waals surface area contributed by atoms with Crippen molar-refractivity contribution in [2.75, 3.05) is 15.6 Å². The fourth-order valence-electron chi connectivity index (χ4n) is 2.67. The average molecular weight is 411 g/mol. The van der Waals surface area contributed by atoms with Crippen molar-refractivity contribution >= 4 is 40.4 Å². The number of anilines is 2. The van der Waals surface area contributed by atoms with Crippen LogP contribution in [-0.4, -0.2) is 27.0 Å². The van der Waals surface area contributed by atoms with E-state index in [1.807, 2.05) is 0 Å². The third kappa shape index (κ3) is 3.59. The molecule has 1 unspecified atom stereocenters. The predicted molar refractivity (Wildman–Crippen MR) is 101 cm³/mol. The molecule has 2 aliphatic rings. The van der Waals surface area contributed by atoms with Crippen LogP contribution < -0.4 is 13.7 Å². The molecule has 2 fully saturated rings. The number of phenolic OH excluding ortho intramolecular Hbond substituents is 1. The van der Waals surface area contributed by atoms with Gasteiger partial charge in [-0.05, 0) is 55.1 Å². The van der Waals surface area contributed by atoms with Crippen molar-refractivity contribution < 1.29 is 22.9 Å². The van der Waals surface area contributed by atoms with Gasteiger partial charge < -0.3 is 9.83 Å². The maximum Gasteiger partial charge on any atom is 0.253 e. The molecule has 1 aliphatic carbocycles. The fraction of sp³-hybridized carbons (Fsp3) is 0.235. The maximum absolute atomic E-state index is 15.1. The van der Waals surface area contributed by atoms with Gasteiger partial charge in [-0.15, -0.1) is 0 Å². The van der Waals surface area contributed by atoms with Crippen LogP contribution in [0.2, 0.25) is 0 Å². The number of nitrogens with zero attached hydrogens (tertiary/aromatic N) is 1. The Morgan fingerprint density at radius 3 is 2.59 bits per heavy atom. The van der Waals surface area contributed by atoms with Crippen molar-refractivity contribution in [3.05, 3.63) is 42.0 Å². The number of nitrogens with one attached hydrogen (secondary N) is 2. The quantitative estimate of drug-likeness (QED) is 0.659. The highest BCUT2D eigenvalue weighted by molar-refractivity contribution is 8.01. The Morgan fingerprint density at radius 1 is 1.22 bits per heavy atom. The number of carbonyl (C=O) groups is 1. The molecule has 4 rings (SSSR count). The molecule has 0 radical (unpaired) electrons. The zero-order valence-corrected chi connectivity index (χ0v) is 15.5. The monoisotopic (exact) mass is 411 g/mol. The van der Waals surface area contributed by atoms with Crippen molar-refractivity contribution in [3.8, 4) is 16.9 Å². The largest absolute Gasteiger partial charge is 0.506 e. The van der Waals surface area contributed by atoms with Gasteiger partial charge in [0, 0.05) is 22.1 Å². The molecule has 2 aromatic rings. The van der Waals surface area contributed by atoms with Gasteiger partial charge in [-0.3, -0.25) is 13.8 Å². The summed E-state index contributed by atoms with van der Waals surface area (Å²) in [5, 5.41) is 10.6. The normalized spacial score (nSPS) is 19.3. The Bertz CT molecular complexity index is 953. The van der Waals surface area contributed by atoms with Crippen LogP contribution in [0.15, 0.2) is 30.3 Å². The van der Waals surface area contributed by atoms with E-state index in [0.29, 0.717) is 10.9 Å². The van der Waals surface area contributed by atoms with Crippen molar-refractivity contribution in [2.45, 2.75) is 18.1 Å². The highest BCUT2D eigenvalue weighted by Gasteiger charge is 2.32. The van der Waals surface area contributed by atoms with E-state index < -0.39 is 40.2 Å². The van der Waals surface area contributed by atoms with Crippen molar-refractivity contribution in [2.24, 2.45) is 0 Å². The molecule has 1 atom stereocenters. The van der Waals surface area contributed by atoms with Crippen LogP contribution in [0.5, 0.6) is 5.75 Å². The Hall–Kier alpha value is -2.33. The molecule has 10 heteroatoms. The molecule has 0 aromatic heterocycles. The molecule has 1 saturated heterocycles. The van der Waals surface area contributed by atoms with Gasteiger partial charge in [0.1, 0.15) is 23.8 Å². The lowest BCUT2D eigenvalue weighted by molar-refractivity contribution is -0.117. The minimum Gasteiger partial charge on any atom is -0.506 e. The molecular weight excluding hydrogens is 396 g/mol. The first-order valence-corrected chi connectivity index (χ1v) is 10.1. The van der Waals surface area contributed by atoms with Gasteiger partial charge in [-0.25, -0.2) is 13.0 Å². The number of carbonyl (C=O) groups excluding carboxylic acids is 1. The van der Waals surface area contributed by atoms with E-state index in [9.17, 15) is 18.5 Å². The third-order valence-electron chi connectivity index (χ3n) is 4.16.